The minimum Gasteiger partial charge on any atom is -0.407 e. The van der Waals surface area contributed by atoms with Crippen LogP contribution in [0.3, 0.4) is 0 Å². The molecule has 0 saturated heterocycles. The summed E-state index contributed by atoms with van der Waals surface area (Å²) in [5.41, 5.74) is 1.96. The molecule has 1 aliphatic rings. The van der Waals surface area contributed by atoms with Gasteiger partial charge in [-0.1, -0.05) is 39.0 Å². The Labute approximate surface area is 174 Å². The van der Waals surface area contributed by atoms with Crippen LogP contribution in [0.4, 0.5) is 5.95 Å². The molecule has 0 bridgehead atoms. The Bertz CT molecular complexity index is 860. The Balaban J connectivity index is 1.92. The number of halogens is 1. The summed E-state index contributed by atoms with van der Waals surface area (Å²) in [5, 5.41) is 3.57. The molecule has 0 aliphatic heterocycles. The minimum absolute atomic E-state index is 0.172. The summed E-state index contributed by atoms with van der Waals surface area (Å²) in [7, 11) is -1.87. The highest BCUT2D eigenvalue weighted by Crippen LogP contribution is 2.54. The van der Waals surface area contributed by atoms with Gasteiger partial charge in [-0.3, -0.25) is 0 Å². The summed E-state index contributed by atoms with van der Waals surface area (Å²) in [5.74, 6) is 1.07. The molecule has 7 heteroatoms. The largest absolute Gasteiger partial charge is 0.407 e. The number of anilines is 1. The highest BCUT2D eigenvalue weighted by Gasteiger charge is 2.52. The van der Waals surface area contributed by atoms with Crippen LogP contribution in [-0.2, 0) is 10.0 Å². The first-order valence-corrected chi connectivity index (χ1v) is 13.2. The number of rotatable bonds is 6. The molecule has 1 N–H and O–H groups in total. The predicted molar refractivity (Wildman–Crippen MR) is 118 cm³/mol. The fraction of sp³-hybridized carbons (Fsp3) is 0.571. The second-order valence-electron chi connectivity index (χ2n) is 9.49. The van der Waals surface area contributed by atoms with E-state index in [9.17, 15) is 0 Å². The van der Waals surface area contributed by atoms with Crippen molar-refractivity contribution in [1.29, 1.82) is 0 Å². The van der Waals surface area contributed by atoms with Crippen LogP contribution in [0.1, 0.15) is 53.0 Å². The Morgan fingerprint density at radius 3 is 2.39 bits per heavy atom. The van der Waals surface area contributed by atoms with Gasteiger partial charge in [-0.05, 0) is 68.1 Å². The molecule has 2 aromatic rings. The van der Waals surface area contributed by atoms with E-state index in [-0.39, 0.29) is 22.0 Å². The van der Waals surface area contributed by atoms with E-state index in [1.807, 2.05) is 26.0 Å². The maximum atomic E-state index is 6.83. The fourth-order valence-corrected chi connectivity index (χ4v) is 4.71. The van der Waals surface area contributed by atoms with Crippen LogP contribution in [0.25, 0.3) is 11.4 Å². The molecule has 3 rings (SSSR count). The van der Waals surface area contributed by atoms with Gasteiger partial charge >= 0.3 is 0 Å². The first-order valence-electron chi connectivity index (χ1n) is 9.91. The van der Waals surface area contributed by atoms with Crippen molar-refractivity contribution < 1.29 is 4.43 Å². The number of hydrogen-bond donors (Lipinski definition) is 1. The highest BCUT2D eigenvalue weighted by atomic mass is 35.5. The van der Waals surface area contributed by atoms with Gasteiger partial charge in [-0.25, -0.2) is 0 Å². The summed E-state index contributed by atoms with van der Waals surface area (Å²) in [6.45, 7) is 15.5. The SMILES string of the molecule is CC(C)Nc1nc(Cl)nc(-c2cccc(C3(O[Si](C)(C)C(C)(C)C)CC3)c2)n1. The first-order chi connectivity index (χ1) is 12.9. The van der Waals surface area contributed by atoms with Gasteiger partial charge in [-0.2, -0.15) is 15.0 Å². The van der Waals surface area contributed by atoms with Gasteiger partial charge in [0.25, 0.3) is 0 Å². The molecule has 1 heterocycles. The second kappa shape index (κ2) is 7.39. The van der Waals surface area contributed by atoms with Crippen molar-refractivity contribution in [3.05, 3.63) is 35.1 Å². The van der Waals surface area contributed by atoms with Crippen LogP contribution in [0.2, 0.25) is 23.4 Å². The third-order valence-corrected chi connectivity index (χ3v) is 10.3. The van der Waals surface area contributed by atoms with Gasteiger partial charge in [0.05, 0.1) is 5.60 Å². The number of benzene rings is 1. The van der Waals surface area contributed by atoms with Crippen LogP contribution < -0.4 is 5.32 Å². The van der Waals surface area contributed by atoms with E-state index in [0.717, 1.165) is 18.4 Å². The molecular weight excluding hydrogens is 388 g/mol. The van der Waals surface area contributed by atoms with Crippen molar-refractivity contribution >= 4 is 25.9 Å². The third kappa shape index (κ3) is 4.55. The van der Waals surface area contributed by atoms with Crippen molar-refractivity contribution in [1.82, 2.24) is 15.0 Å². The zero-order chi connectivity index (χ0) is 20.7. The van der Waals surface area contributed by atoms with Crippen molar-refractivity contribution in [3.8, 4) is 11.4 Å². The van der Waals surface area contributed by atoms with Crippen LogP contribution >= 0.6 is 11.6 Å². The average molecular weight is 419 g/mol. The molecule has 152 valence electrons. The first kappa shape index (κ1) is 21.2. The van der Waals surface area contributed by atoms with Crippen molar-refractivity contribution in [2.75, 3.05) is 5.32 Å². The van der Waals surface area contributed by atoms with Gasteiger partial charge in [-0.15, -0.1) is 0 Å². The maximum Gasteiger partial charge on any atom is 0.227 e. The van der Waals surface area contributed by atoms with Gasteiger partial charge < -0.3 is 9.74 Å². The van der Waals surface area contributed by atoms with Crippen LogP contribution in [0.5, 0.6) is 0 Å². The number of nitrogens with zero attached hydrogens (tertiary/aromatic N) is 3. The monoisotopic (exact) mass is 418 g/mol. The highest BCUT2D eigenvalue weighted by molar-refractivity contribution is 6.74. The quantitative estimate of drug-likeness (QED) is 0.581. The lowest BCUT2D eigenvalue weighted by Crippen LogP contribution is -2.44. The summed E-state index contributed by atoms with van der Waals surface area (Å²) in [4.78, 5) is 13.1. The second-order valence-corrected chi connectivity index (χ2v) is 14.6. The van der Waals surface area contributed by atoms with Gasteiger partial charge in [0.1, 0.15) is 0 Å². The Hall–Kier alpha value is -1.50. The van der Waals surface area contributed by atoms with E-state index in [0.29, 0.717) is 11.8 Å². The van der Waals surface area contributed by atoms with Crippen molar-refractivity contribution in [2.24, 2.45) is 0 Å². The van der Waals surface area contributed by atoms with E-state index in [4.69, 9.17) is 16.0 Å². The molecule has 28 heavy (non-hydrogen) atoms. The lowest BCUT2D eigenvalue weighted by molar-refractivity contribution is 0.159. The van der Waals surface area contributed by atoms with Crippen molar-refractivity contribution in [2.45, 2.75) is 77.2 Å². The Morgan fingerprint density at radius 1 is 1.14 bits per heavy atom. The normalized spacial score (nSPS) is 16.3. The molecule has 1 aromatic carbocycles. The van der Waals surface area contributed by atoms with Gasteiger partial charge in [0.15, 0.2) is 14.1 Å². The molecule has 0 spiro atoms. The number of hydrogen-bond acceptors (Lipinski definition) is 5. The average Bonchev–Trinajstić information content (AvgIpc) is 3.33. The summed E-state index contributed by atoms with van der Waals surface area (Å²) in [6, 6.07) is 8.57. The van der Waals surface area contributed by atoms with E-state index in [1.54, 1.807) is 0 Å². The van der Waals surface area contributed by atoms with Crippen LogP contribution in [0.15, 0.2) is 24.3 Å². The summed E-state index contributed by atoms with van der Waals surface area (Å²) >= 11 is 6.14. The van der Waals surface area contributed by atoms with E-state index in [1.165, 1.54) is 5.56 Å². The maximum absolute atomic E-state index is 6.83. The standard InChI is InChI=1S/C21H31ClN4OSi/c1-14(2)23-19-25-17(24-18(22)26-19)15-9-8-10-16(13-15)21(11-12-21)27-28(6,7)20(3,4)5/h8-10,13-14H,11-12H2,1-7H3,(H,23,24,25,26). The minimum atomic E-state index is -1.87. The molecule has 1 aliphatic carbocycles. The van der Waals surface area contributed by atoms with E-state index < -0.39 is 8.32 Å². The van der Waals surface area contributed by atoms with E-state index in [2.05, 4.69) is 66.3 Å². The number of nitrogens with one attached hydrogen (secondary N) is 1. The molecule has 1 saturated carbocycles. The molecule has 1 aromatic heterocycles. The zero-order valence-electron chi connectivity index (χ0n) is 17.9. The fourth-order valence-electron chi connectivity index (χ4n) is 2.95. The molecule has 0 radical (unpaired) electrons. The van der Waals surface area contributed by atoms with Crippen molar-refractivity contribution in [3.63, 3.8) is 0 Å². The lowest BCUT2D eigenvalue weighted by atomic mass is 10.0. The zero-order valence-corrected chi connectivity index (χ0v) is 19.7. The molecule has 1 fully saturated rings. The van der Waals surface area contributed by atoms with Gasteiger partial charge in [0, 0.05) is 11.6 Å². The number of aromatic nitrogens is 3. The molecule has 0 unspecified atom stereocenters. The molecule has 0 atom stereocenters. The van der Waals surface area contributed by atoms with E-state index >= 15 is 0 Å². The topological polar surface area (TPSA) is 59.9 Å². The smallest absolute Gasteiger partial charge is 0.227 e. The Kier molecular flexibility index (Phi) is 5.60. The van der Waals surface area contributed by atoms with Crippen LogP contribution in [-0.4, -0.2) is 29.3 Å². The lowest BCUT2D eigenvalue weighted by Gasteiger charge is -2.40. The summed E-state index contributed by atoms with van der Waals surface area (Å²) in [6.07, 6.45) is 2.11. The van der Waals surface area contributed by atoms with Crippen LogP contribution in [0, 0.1) is 0 Å². The van der Waals surface area contributed by atoms with Gasteiger partial charge in [0.2, 0.25) is 11.2 Å². The third-order valence-electron chi connectivity index (χ3n) is 5.63. The molecule has 0 amide bonds. The molecule has 5 nitrogen and oxygen atoms in total. The molecular formula is C21H31ClN4OSi. The predicted octanol–water partition coefficient (Wildman–Crippen LogP) is 6.02. The summed E-state index contributed by atoms with van der Waals surface area (Å²) < 4.78 is 6.83. The Morgan fingerprint density at radius 2 is 1.82 bits per heavy atom.